The molecule has 3 nitrogen and oxygen atoms in total. The Balaban J connectivity index is 2.19. The fourth-order valence-electron chi connectivity index (χ4n) is 1.92. The van der Waals surface area contributed by atoms with E-state index in [0.717, 1.165) is 32.1 Å². The average Bonchev–Trinajstić information content (AvgIpc) is 2.16. The van der Waals surface area contributed by atoms with Gasteiger partial charge in [-0.3, -0.25) is 4.79 Å². The maximum atomic E-state index is 11.8. The van der Waals surface area contributed by atoms with E-state index in [4.69, 9.17) is 0 Å². The van der Waals surface area contributed by atoms with Crippen LogP contribution in [0.1, 0.15) is 39.5 Å². The molecule has 0 bridgehead atoms. The molecule has 15 heavy (non-hydrogen) atoms. The smallest absolute Gasteiger partial charge is 0.223 e. The van der Waals surface area contributed by atoms with Crippen molar-refractivity contribution in [2.24, 2.45) is 5.92 Å². The van der Waals surface area contributed by atoms with Crippen LogP contribution in [0.15, 0.2) is 0 Å². The Bertz CT molecular complexity index is 190. The molecule has 0 aromatic rings. The molecule has 0 heterocycles. The van der Waals surface area contributed by atoms with Crippen LogP contribution in [0.2, 0.25) is 0 Å². The first kappa shape index (κ1) is 12.5. The van der Waals surface area contributed by atoms with E-state index in [9.17, 15) is 4.79 Å². The molecular weight excluding hydrogens is 188 g/mol. The van der Waals surface area contributed by atoms with Gasteiger partial charge < -0.3 is 10.2 Å². The van der Waals surface area contributed by atoms with Crippen LogP contribution in [0.25, 0.3) is 0 Å². The third kappa shape index (κ3) is 4.20. The van der Waals surface area contributed by atoms with E-state index in [2.05, 4.69) is 19.2 Å². The van der Waals surface area contributed by atoms with E-state index in [1.165, 1.54) is 19.3 Å². The number of carbonyl (C=O) groups is 1. The molecule has 0 aromatic carbocycles. The molecule has 1 amide bonds. The van der Waals surface area contributed by atoms with Crippen molar-refractivity contribution in [3.8, 4) is 0 Å². The third-order valence-corrected chi connectivity index (χ3v) is 3.20. The molecule has 1 aliphatic carbocycles. The van der Waals surface area contributed by atoms with Crippen molar-refractivity contribution in [2.45, 2.75) is 39.5 Å². The van der Waals surface area contributed by atoms with Crippen molar-refractivity contribution in [1.29, 1.82) is 0 Å². The molecule has 3 heteroatoms. The highest BCUT2D eigenvalue weighted by atomic mass is 16.2. The molecule has 0 saturated heterocycles. The standard InChI is InChI=1S/C12H24N2O/c1-3-13-9-8-12(15)14(4-2)10-11-6-5-7-11/h11,13H,3-10H2,1-2H3. The van der Waals surface area contributed by atoms with Crippen molar-refractivity contribution in [3.63, 3.8) is 0 Å². The normalized spacial score (nSPS) is 16.1. The summed E-state index contributed by atoms with van der Waals surface area (Å²) < 4.78 is 0. The summed E-state index contributed by atoms with van der Waals surface area (Å²) in [6.45, 7) is 7.75. The van der Waals surface area contributed by atoms with Crippen LogP contribution in [-0.4, -0.2) is 37.0 Å². The van der Waals surface area contributed by atoms with E-state index < -0.39 is 0 Å². The molecular formula is C12H24N2O. The molecule has 1 saturated carbocycles. The molecule has 1 N–H and O–H groups in total. The number of carbonyl (C=O) groups excluding carboxylic acids is 1. The topological polar surface area (TPSA) is 32.3 Å². The van der Waals surface area contributed by atoms with Gasteiger partial charge in [0.05, 0.1) is 0 Å². The fourth-order valence-corrected chi connectivity index (χ4v) is 1.92. The van der Waals surface area contributed by atoms with Crippen LogP contribution in [0.5, 0.6) is 0 Å². The van der Waals surface area contributed by atoms with Crippen LogP contribution >= 0.6 is 0 Å². The molecule has 1 fully saturated rings. The maximum Gasteiger partial charge on any atom is 0.223 e. The molecule has 0 radical (unpaired) electrons. The first-order chi connectivity index (χ1) is 7.27. The summed E-state index contributed by atoms with van der Waals surface area (Å²) in [6.07, 6.45) is 4.64. The Hall–Kier alpha value is -0.570. The third-order valence-electron chi connectivity index (χ3n) is 3.20. The van der Waals surface area contributed by atoms with Crippen molar-refractivity contribution in [2.75, 3.05) is 26.2 Å². The van der Waals surface area contributed by atoms with E-state index in [-0.39, 0.29) is 0 Å². The van der Waals surface area contributed by atoms with E-state index in [1.54, 1.807) is 0 Å². The molecule has 0 spiro atoms. The molecule has 88 valence electrons. The lowest BCUT2D eigenvalue weighted by Gasteiger charge is -2.31. The summed E-state index contributed by atoms with van der Waals surface area (Å²) in [5.41, 5.74) is 0. The lowest BCUT2D eigenvalue weighted by Crippen LogP contribution is -2.38. The van der Waals surface area contributed by atoms with Gasteiger partial charge in [-0.25, -0.2) is 0 Å². The monoisotopic (exact) mass is 212 g/mol. The Morgan fingerprint density at radius 1 is 1.40 bits per heavy atom. The summed E-state index contributed by atoms with van der Waals surface area (Å²) in [6, 6.07) is 0. The van der Waals surface area contributed by atoms with Gasteiger partial charge in [-0.2, -0.15) is 0 Å². The Labute approximate surface area is 93.2 Å². The van der Waals surface area contributed by atoms with E-state index in [0.29, 0.717) is 12.3 Å². The predicted octanol–water partition coefficient (Wildman–Crippen LogP) is 1.63. The Kier molecular flexibility index (Phi) is 5.69. The van der Waals surface area contributed by atoms with Gasteiger partial charge in [0.25, 0.3) is 0 Å². The largest absolute Gasteiger partial charge is 0.343 e. The Morgan fingerprint density at radius 2 is 2.13 bits per heavy atom. The first-order valence-electron chi connectivity index (χ1n) is 6.26. The van der Waals surface area contributed by atoms with Crippen molar-refractivity contribution in [3.05, 3.63) is 0 Å². The van der Waals surface area contributed by atoms with Crippen LogP contribution < -0.4 is 5.32 Å². The molecule has 0 aliphatic heterocycles. The molecule has 1 aliphatic rings. The van der Waals surface area contributed by atoms with Crippen molar-refractivity contribution in [1.82, 2.24) is 10.2 Å². The summed E-state index contributed by atoms with van der Waals surface area (Å²) in [4.78, 5) is 13.8. The summed E-state index contributed by atoms with van der Waals surface area (Å²) in [5.74, 6) is 1.10. The van der Waals surface area contributed by atoms with Crippen LogP contribution in [0.4, 0.5) is 0 Å². The molecule has 0 atom stereocenters. The maximum absolute atomic E-state index is 11.8. The Morgan fingerprint density at radius 3 is 2.60 bits per heavy atom. The van der Waals surface area contributed by atoms with Crippen molar-refractivity contribution >= 4 is 5.91 Å². The molecule has 1 rings (SSSR count). The number of rotatable bonds is 7. The van der Waals surface area contributed by atoms with Gasteiger partial charge >= 0.3 is 0 Å². The first-order valence-corrected chi connectivity index (χ1v) is 6.26. The van der Waals surface area contributed by atoms with Gasteiger partial charge in [-0.1, -0.05) is 13.3 Å². The average molecular weight is 212 g/mol. The highest BCUT2D eigenvalue weighted by molar-refractivity contribution is 5.76. The summed E-state index contributed by atoms with van der Waals surface area (Å²) in [7, 11) is 0. The van der Waals surface area contributed by atoms with Gasteiger partial charge in [-0.05, 0) is 32.2 Å². The minimum atomic E-state index is 0.311. The van der Waals surface area contributed by atoms with Gasteiger partial charge in [0.15, 0.2) is 0 Å². The van der Waals surface area contributed by atoms with Gasteiger partial charge in [0, 0.05) is 26.1 Å². The quantitative estimate of drug-likeness (QED) is 0.651. The number of nitrogens with zero attached hydrogens (tertiary/aromatic N) is 1. The number of nitrogens with one attached hydrogen (secondary N) is 1. The zero-order valence-corrected chi connectivity index (χ0v) is 10.1. The minimum Gasteiger partial charge on any atom is -0.343 e. The van der Waals surface area contributed by atoms with Gasteiger partial charge in [-0.15, -0.1) is 0 Å². The fraction of sp³-hybridized carbons (Fsp3) is 0.917. The van der Waals surface area contributed by atoms with Crippen LogP contribution in [0, 0.1) is 5.92 Å². The number of hydrogen-bond donors (Lipinski definition) is 1. The predicted molar refractivity (Wildman–Crippen MR) is 62.8 cm³/mol. The SMILES string of the molecule is CCNCCC(=O)N(CC)CC1CCC1. The van der Waals surface area contributed by atoms with Gasteiger partial charge in [0.1, 0.15) is 0 Å². The van der Waals surface area contributed by atoms with Crippen LogP contribution in [-0.2, 0) is 4.79 Å². The van der Waals surface area contributed by atoms with E-state index >= 15 is 0 Å². The molecule has 0 unspecified atom stereocenters. The molecule has 0 aromatic heterocycles. The van der Waals surface area contributed by atoms with Crippen LogP contribution in [0.3, 0.4) is 0 Å². The van der Waals surface area contributed by atoms with E-state index in [1.807, 2.05) is 4.90 Å². The number of hydrogen-bond acceptors (Lipinski definition) is 2. The van der Waals surface area contributed by atoms with Gasteiger partial charge in [0.2, 0.25) is 5.91 Å². The zero-order chi connectivity index (χ0) is 11.1. The second kappa shape index (κ2) is 6.83. The number of amides is 1. The lowest BCUT2D eigenvalue weighted by atomic mass is 9.85. The summed E-state index contributed by atoms with van der Waals surface area (Å²) in [5, 5.41) is 3.19. The lowest BCUT2D eigenvalue weighted by molar-refractivity contribution is -0.131. The highest BCUT2D eigenvalue weighted by Gasteiger charge is 2.22. The second-order valence-electron chi connectivity index (χ2n) is 4.33. The summed E-state index contributed by atoms with van der Waals surface area (Å²) >= 11 is 0. The zero-order valence-electron chi connectivity index (χ0n) is 10.1. The minimum absolute atomic E-state index is 0.311. The van der Waals surface area contributed by atoms with Crippen molar-refractivity contribution < 1.29 is 4.79 Å². The second-order valence-corrected chi connectivity index (χ2v) is 4.33. The highest BCUT2D eigenvalue weighted by Crippen LogP contribution is 2.27.